The third kappa shape index (κ3) is 5.05. The number of benzene rings is 2. The lowest BCUT2D eigenvalue weighted by atomic mass is 10.2. The zero-order valence-corrected chi connectivity index (χ0v) is 16.7. The van der Waals surface area contributed by atoms with Gasteiger partial charge in [0.2, 0.25) is 5.91 Å². The summed E-state index contributed by atoms with van der Waals surface area (Å²) in [5, 5.41) is 4.91. The molecule has 2 aromatic carbocycles. The summed E-state index contributed by atoms with van der Waals surface area (Å²) in [5.74, 6) is -1.73. The van der Waals surface area contributed by atoms with Gasteiger partial charge in [-0.15, -0.1) is 11.3 Å². The van der Waals surface area contributed by atoms with Gasteiger partial charge in [-0.2, -0.15) is 0 Å². The fraction of sp³-hybridized carbons (Fsp3) is 0.143. The van der Waals surface area contributed by atoms with E-state index in [0.717, 1.165) is 11.1 Å². The number of nitrogens with one attached hydrogen (secondary N) is 1. The molecule has 0 fully saturated rings. The SMILES string of the molecule is Cc1ccc(-c2nc(C(=O)O[C@@H](C)C(=O)Nc3ccc(C(N)=O)cc3)cs2)cc1. The molecular weight excluding hydrogens is 390 g/mol. The van der Waals surface area contributed by atoms with Crippen molar-refractivity contribution in [3.05, 3.63) is 70.7 Å². The van der Waals surface area contributed by atoms with Crippen LogP contribution in [-0.2, 0) is 9.53 Å². The van der Waals surface area contributed by atoms with Crippen molar-refractivity contribution < 1.29 is 19.1 Å². The summed E-state index contributed by atoms with van der Waals surface area (Å²) in [6.07, 6.45) is -1.03. The number of carbonyl (C=O) groups excluding carboxylic acids is 3. The number of nitrogens with zero attached hydrogens (tertiary/aromatic N) is 1. The predicted octanol–water partition coefficient (Wildman–Crippen LogP) is 3.40. The second-order valence-electron chi connectivity index (χ2n) is 6.38. The van der Waals surface area contributed by atoms with Gasteiger partial charge in [-0.05, 0) is 38.1 Å². The van der Waals surface area contributed by atoms with Crippen molar-refractivity contribution in [1.29, 1.82) is 0 Å². The molecule has 2 amide bonds. The second kappa shape index (κ2) is 8.66. The van der Waals surface area contributed by atoms with Gasteiger partial charge < -0.3 is 15.8 Å². The van der Waals surface area contributed by atoms with Crippen LogP contribution in [0.2, 0.25) is 0 Å². The van der Waals surface area contributed by atoms with Gasteiger partial charge in [-0.1, -0.05) is 29.8 Å². The van der Waals surface area contributed by atoms with Gasteiger partial charge in [0.05, 0.1) is 0 Å². The van der Waals surface area contributed by atoms with Gasteiger partial charge in [0.15, 0.2) is 11.8 Å². The molecule has 0 saturated carbocycles. The number of nitrogens with two attached hydrogens (primary N) is 1. The molecule has 0 spiro atoms. The van der Waals surface area contributed by atoms with Crippen molar-refractivity contribution in [3.63, 3.8) is 0 Å². The average molecular weight is 409 g/mol. The molecule has 3 rings (SSSR count). The van der Waals surface area contributed by atoms with E-state index >= 15 is 0 Å². The Morgan fingerprint density at radius 3 is 2.34 bits per heavy atom. The Balaban J connectivity index is 1.60. The minimum atomic E-state index is -1.03. The molecule has 3 N–H and O–H groups in total. The Labute approximate surface area is 171 Å². The standard InChI is InChI=1S/C21H19N3O4S/c1-12-3-5-15(6-4-12)20-24-17(11-29-20)21(27)28-13(2)19(26)23-16-9-7-14(8-10-16)18(22)25/h3-11,13H,1-2H3,(H2,22,25)(H,23,26)/t13-/m0/s1. The van der Waals surface area contributed by atoms with Crippen LogP contribution in [0.1, 0.15) is 33.3 Å². The highest BCUT2D eigenvalue weighted by molar-refractivity contribution is 7.13. The molecule has 0 radical (unpaired) electrons. The lowest BCUT2D eigenvalue weighted by Crippen LogP contribution is -2.30. The number of esters is 1. The van der Waals surface area contributed by atoms with Crippen LogP contribution in [0.3, 0.4) is 0 Å². The molecule has 0 aliphatic carbocycles. The first-order valence-corrected chi connectivity index (χ1v) is 9.66. The second-order valence-corrected chi connectivity index (χ2v) is 7.24. The van der Waals surface area contributed by atoms with Crippen molar-refractivity contribution in [1.82, 2.24) is 4.98 Å². The van der Waals surface area contributed by atoms with Gasteiger partial charge in [0.1, 0.15) is 5.01 Å². The fourth-order valence-corrected chi connectivity index (χ4v) is 3.23. The molecular formula is C21H19N3O4S. The van der Waals surface area contributed by atoms with Crippen molar-refractivity contribution in [2.45, 2.75) is 20.0 Å². The summed E-state index contributed by atoms with van der Waals surface area (Å²) in [6, 6.07) is 13.9. The number of amides is 2. The Bertz CT molecular complexity index is 1040. The lowest BCUT2D eigenvalue weighted by Gasteiger charge is -2.13. The van der Waals surface area contributed by atoms with E-state index < -0.39 is 23.9 Å². The summed E-state index contributed by atoms with van der Waals surface area (Å²) in [4.78, 5) is 40.0. The van der Waals surface area contributed by atoms with Crippen LogP contribution in [0.15, 0.2) is 53.9 Å². The van der Waals surface area contributed by atoms with Gasteiger partial charge in [-0.3, -0.25) is 9.59 Å². The van der Waals surface area contributed by atoms with E-state index in [-0.39, 0.29) is 5.69 Å². The largest absolute Gasteiger partial charge is 0.448 e. The fourth-order valence-electron chi connectivity index (χ4n) is 2.43. The maximum absolute atomic E-state index is 12.3. The topological polar surface area (TPSA) is 111 Å². The van der Waals surface area contributed by atoms with Crippen molar-refractivity contribution >= 4 is 34.8 Å². The molecule has 1 aromatic heterocycles. The van der Waals surface area contributed by atoms with Crippen LogP contribution in [0.4, 0.5) is 5.69 Å². The van der Waals surface area contributed by atoms with E-state index in [2.05, 4.69) is 10.3 Å². The number of aromatic nitrogens is 1. The van der Waals surface area contributed by atoms with Gasteiger partial charge in [0.25, 0.3) is 5.91 Å². The van der Waals surface area contributed by atoms with E-state index in [1.807, 2.05) is 31.2 Å². The van der Waals surface area contributed by atoms with Gasteiger partial charge in [-0.25, -0.2) is 9.78 Å². The summed E-state index contributed by atoms with van der Waals surface area (Å²) < 4.78 is 5.22. The Morgan fingerprint density at radius 1 is 1.07 bits per heavy atom. The van der Waals surface area contributed by atoms with Crippen molar-refractivity contribution in [2.24, 2.45) is 5.73 Å². The molecule has 29 heavy (non-hydrogen) atoms. The van der Waals surface area contributed by atoms with Crippen LogP contribution in [0, 0.1) is 6.92 Å². The number of thiazole rings is 1. The zero-order valence-electron chi connectivity index (χ0n) is 15.8. The molecule has 8 heteroatoms. The monoisotopic (exact) mass is 409 g/mol. The van der Waals surface area contributed by atoms with Crippen LogP contribution in [0.5, 0.6) is 0 Å². The summed E-state index contributed by atoms with van der Waals surface area (Å²) in [6.45, 7) is 3.46. The maximum atomic E-state index is 12.3. The van der Waals surface area contributed by atoms with E-state index in [4.69, 9.17) is 10.5 Å². The third-order valence-corrected chi connectivity index (χ3v) is 4.99. The summed E-state index contributed by atoms with van der Waals surface area (Å²) >= 11 is 1.33. The smallest absolute Gasteiger partial charge is 0.358 e. The zero-order chi connectivity index (χ0) is 21.0. The Kier molecular flexibility index (Phi) is 6.04. The molecule has 148 valence electrons. The average Bonchev–Trinajstić information content (AvgIpc) is 3.19. The maximum Gasteiger partial charge on any atom is 0.358 e. The van der Waals surface area contributed by atoms with Crippen LogP contribution >= 0.6 is 11.3 Å². The minimum absolute atomic E-state index is 0.149. The quantitative estimate of drug-likeness (QED) is 0.606. The van der Waals surface area contributed by atoms with Crippen LogP contribution in [-0.4, -0.2) is 28.9 Å². The third-order valence-electron chi connectivity index (χ3n) is 4.10. The van der Waals surface area contributed by atoms with E-state index in [0.29, 0.717) is 16.3 Å². The molecule has 0 aliphatic rings. The van der Waals surface area contributed by atoms with Crippen LogP contribution in [0.25, 0.3) is 10.6 Å². The molecule has 0 aliphatic heterocycles. The molecule has 1 heterocycles. The summed E-state index contributed by atoms with van der Waals surface area (Å²) in [5.41, 5.74) is 8.16. The Hall–Kier alpha value is -3.52. The first-order chi connectivity index (χ1) is 13.8. The molecule has 7 nitrogen and oxygen atoms in total. The lowest BCUT2D eigenvalue weighted by molar-refractivity contribution is -0.123. The predicted molar refractivity (Wildman–Crippen MR) is 111 cm³/mol. The molecule has 1 atom stereocenters. The normalized spacial score (nSPS) is 11.5. The molecule has 0 bridgehead atoms. The summed E-state index contributed by atoms with van der Waals surface area (Å²) in [7, 11) is 0. The number of rotatable bonds is 6. The van der Waals surface area contributed by atoms with E-state index in [1.165, 1.54) is 30.4 Å². The number of aryl methyl sites for hydroxylation is 1. The Morgan fingerprint density at radius 2 is 1.72 bits per heavy atom. The number of anilines is 1. The first kappa shape index (κ1) is 20.2. The number of carbonyl (C=O) groups is 3. The number of ether oxygens (including phenoxy) is 1. The molecule has 3 aromatic rings. The number of primary amides is 1. The van der Waals surface area contributed by atoms with Gasteiger partial charge in [0, 0.05) is 22.2 Å². The van der Waals surface area contributed by atoms with E-state index in [1.54, 1.807) is 17.5 Å². The highest BCUT2D eigenvalue weighted by atomic mass is 32.1. The van der Waals surface area contributed by atoms with E-state index in [9.17, 15) is 14.4 Å². The number of hydrogen-bond donors (Lipinski definition) is 2. The molecule has 0 unspecified atom stereocenters. The highest BCUT2D eigenvalue weighted by Crippen LogP contribution is 2.24. The van der Waals surface area contributed by atoms with Crippen molar-refractivity contribution in [3.8, 4) is 10.6 Å². The van der Waals surface area contributed by atoms with Crippen molar-refractivity contribution in [2.75, 3.05) is 5.32 Å². The van der Waals surface area contributed by atoms with Crippen LogP contribution < -0.4 is 11.1 Å². The highest BCUT2D eigenvalue weighted by Gasteiger charge is 2.21. The first-order valence-electron chi connectivity index (χ1n) is 8.78. The van der Waals surface area contributed by atoms with Gasteiger partial charge >= 0.3 is 5.97 Å². The molecule has 0 saturated heterocycles. The number of hydrogen-bond acceptors (Lipinski definition) is 6. The minimum Gasteiger partial charge on any atom is -0.448 e.